The molecule has 0 bridgehead atoms. The van der Waals surface area contributed by atoms with E-state index in [0.717, 1.165) is 13.0 Å². The highest BCUT2D eigenvalue weighted by Gasteiger charge is 2.08. The van der Waals surface area contributed by atoms with Gasteiger partial charge in [-0.15, -0.1) is 0 Å². The Labute approximate surface area is 123 Å². The smallest absolute Gasteiger partial charge is 0.216 e. The van der Waals surface area contributed by atoms with Gasteiger partial charge in [0, 0.05) is 13.5 Å². The molecule has 2 nitrogen and oxygen atoms in total. The maximum atomic E-state index is 10.4. The van der Waals surface area contributed by atoms with Crippen molar-refractivity contribution in [3.63, 3.8) is 0 Å². The summed E-state index contributed by atoms with van der Waals surface area (Å²) in [6.07, 6.45) is 3.68. The number of nitrogens with one attached hydrogen (secondary N) is 1. The van der Waals surface area contributed by atoms with E-state index in [0.29, 0.717) is 10.8 Å². The lowest BCUT2D eigenvalue weighted by atomic mass is 9.91. The SMILES string of the molecule is C.C.CC(=O)NCCC(C)(C)C.CCCC(C)(C)C. The van der Waals surface area contributed by atoms with Crippen LogP contribution in [-0.2, 0) is 4.79 Å². The molecule has 1 amide bonds. The monoisotopic (exact) mass is 275 g/mol. The van der Waals surface area contributed by atoms with E-state index in [9.17, 15) is 4.79 Å². The third kappa shape index (κ3) is 38.1. The molecule has 0 aromatic carbocycles. The zero-order valence-electron chi connectivity index (χ0n) is 13.2. The molecule has 0 unspecified atom stereocenters. The summed E-state index contributed by atoms with van der Waals surface area (Å²) >= 11 is 0. The molecule has 0 aromatic rings. The van der Waals surface area contributed by atoms with Crippen LogP contribution >= 0.6 is 0 Å². The molecule has 0 saturated carbocycles. The van der Waals surface area contributed by atoms with Gasteiger partial charge in [-0.1, -0.05) is 69.7 Å². The summed E-state index contributed by atoms with van der Waals surface area (Å²) in [5, 5.41) is 2.76. The van der Waals surface area contributed by atoms with Crippen LogP contribution in [0.3, 0.4) is 0 Å². The van der Waals surface area contributed by atoms with Crippen LogP contribution in [0.1, 0.15) is 89.5 Å². The second-order valence-corrected chi connectivity index (χ2v) is 7.10. The molecule has 0 fully saturated rings. The van der Waals surface area contributed by atoms with Crippen molar-refractivity contribution in [3.8, 4) is 0 Å². The number of carbonyl (C=O) groups is 1. The highest BCUT2D eigenvalue weighted by molar-refractivity contribution is 5.72. The lowest BCUT2D eigenvalue weighted by Gasteiger charge is -2.17. The first-order valence-electron chi connectivity index (χ1n) is 6.72. The van der Waals surface area contributed by atoms with E-state index in [-0.39, 0.29) is 20.8 Å². The van der Waals surface area contributed by atoms with E-state index in [1.54, 1.807) is 6.92 Å². The fraction of sp³-hybridized carbons (Fsp3) is 0.941. The molecule has 0 aromatic heterocycles. The minimum Gasteiger partial charge on any atom is -0.356 e. The lowest BCUT2D eigenvalue weighted by Crippen LogP contribution is -2.24. The molecule has 1 N–H and O–H groups in total. The van der Waals surface area contributed by atoms with Crippen molar-refractivity contribution in [1.82, 2.24) is 5.32 Å². The van der Waals surface area contributed by atoms with Crippen molar-refractivity contribution in [2.24, 2.45) is 10.8 Å². The molecule has 2 heteroatoms. The molecule has 0 spiro atoms. The Kier molecular flexibility index (Phi) is 17.7. The van der Waals surface area contributed by atoms with Crippen molar-refractivity contribution in [2.45, 2.75) is 89.5 Å². The van der Waals surface area contributed by atoms with E-state index in [1.165, 1.54) is 12.8 Å². The van der Waals surface area contributed by atoms with Gasteiger partial charge in [0.05, 0.1) is 0 Å². The van der Waals surface area contributed by atoms with E-state index in [1.807, 2.05) is 0 Å². The van der Waals surface area contributed by atoms with Gasteiger partial charge >= 0.3 is 0 Å². The largest absolute Gasteiger partial charge is 0.356 e. The third-order valence-corrected chi connectivity index (χ3v) is 2.25. The van der Waals surface area contributed by atoms with Gasteiger partial charge in [-0.2, -0.15) is 0 Å². The third-order valence-electron chi connectivity index (χ3n) is 2.25. The first-order chi connectivity index (χ1) is 7.48. The molecular weight excluding hydrogens is 234 g/mol. The van der Waals surface area contributed by atoms with Crippen molar-refractivity contribution in [3.05, 3.63) is 0 Å². The minimum absolute atomic E-state index is 0. The molecule has 120 valence electrons. The molecule has 0 rings (SSSR count). The first kappa shape index (κ1) is 26.9. The fourth-order valence-electron chi connectivity index (χ4n) is 1.36. The van der Waals surface area contributed by atoms with Gasteiger partial charge in [-0.25, -0.2) is 0 Å². The van der Waals surface area contributed by atoms with Gasteiger partial charge in [-0.3, -0.25) is 4.79 Å². The van der Waals surface area contributed by atoms with Gasteiger partial charge in [-0.05, 0) is 23.7 Å². The second kappa shape index (κ2) is 12.5. The van der Waals surface area contributed by atoms with Gasteiger partial charge in [0.2, 0.25) is 5.91 Å². The number of carbonyl (C=O) groups excluding carboxylic acids is 1. The van der Waals surface area contributed by atoms with Gasteiger partial charge in [0.25, 0.3) is 0 Å². The first-order valence-corrected chi connectivity index (χ1v) is 6.72. The Hall–Kier alpha value is -0.530. The van der Waals surface area contributed by atoms with Gasteiger partial charge < -0.3 is 5.32 Å². The van der Waals surface area contributed by atoms with Crippen LogP contribution in [0.15, 0.2) is 0 Å². The summed E-state index contributed by atoms with van der Waals surface area (Å²) in [7, 11) is 0. The number of hydrogen-bond donors (Lipinski definition) is 1. The molecule has 0 saturated heterocycles. The predicted octanol–water partition coefficient (Wildman–Crippen LogP) is 5.66. The molecular formula is C17H41NO. The normalized spacial score (nSPS) is 10.3. The molecule has 0 aliphatic carbocycles. The Bertz CT molecular complexity index is 196. The molecule has 0 radical (unpaired) electrons. The summed E-state index contributed by atoms with van der Waals surface area (Å²) in [6, 6.07) is 0. The van der Waals surface area contributed by atoms with Crippen LogP contribution in [0.2, 0.25) is 0 Å². The van der Waals surface area contributed by atoms with Gasteiger partial charge in [0.15, 0.2) is 0 Å². The van der Waals surface area contributed by atoms with Crippen LogP contribution in [0.4, 0.5) is 0 Å². The summed E-state index contributed by atoms with van der Waals surface area (Å²) in [5.41, 5.74) is 0.872. The van der Waals surface area contributed by atoms with E-state index in [2.05, 4.69) is 53.8 Å². The Morgan fingerprint density at radius 2 is 1.26 bits per heavy atom. The maximum absolute atomic E-state index is 10.4. The highest BCUT2D eigenvalue weighted by Crippen LogP contribution is 2.19. The van der Waals surface area contributed by atoms with Crippen molar-refractivity contribution >= 4 is 5.91 Å². The number of amides is 1. The van der Waals surface area contributed by atoms with E-state index >= 15 is 0 Å². The fourth-order valence-corrected chi connectivity index (χ4v) is 1.36. The summed E-state index contributed by atoms with van der Waals surface area (Å²) < 4.78 is 0. The maximum Gasteiger partial charge on any atom is 0.216 e. The van der Waals surface area contributed by atoms with Crippen molar-refractivity contribution in [1.29, 1.82) is 0 Å². The summed E-state index contributed by atoms with van der Waals surface area (Å²) in [4.78, 5) is 10.4. The highest BCUT2D eigenvalue weighted by atomic mass is 16.1. The quantitative estimate of drug-likeness (QED) is 0.707. The van der Waals surface area contributed by atoms with Crippen LogP contribution < -0.4 is 5.32 Å². The zero-order chi connectivity index (χ0) is 14.1. The Balaban J connectivity index is -0.000000112. The second-order valence-electron chi connectivity index (χ2n) is 7.10. The van der Waals surface area contributed by atoms with Crippen LogP contribution in [0, 0.1) is 10.8 Å². The van der Waals surface area contributed by atoms with E-state index in [4.69, 9.17) is 0 Å². The standard InChI is InChI=1S/C8H17NO.C7H16.2CH4/c1-7(10)9-6-5-8(2,3)4;1-5-6-7(2,3)4;;/h5-6H2,1-4H3,(H,9,10);5-6H2,1-4H3;2*1H4. The van der Waals surface area contributed by atoms with Crippen LogP contribution in [-0.4, -0.2) is 12.5 Å². The van der Waals surface area contributed by atoms with Crippen molar-refractivity contribution < 1.29 is 4.79 Å². The minimum atomic E-state index is 0. The average Bonchev–Trinajstić information content (AvgIpc) is 1.98. The topological polar surface area (TPSA) is 29.1 Å². The van der Waals surface area contributed by atoms with E-state index < -0.39 is 0 Å². The zero-order valence-corrected chi connectivity index (χ0v) is 13.2. The Morgan fingerprint density at radius 1 is 0.895 bits per heavy atom. The molecule has 19 heavy (non-hydrogen) atoms. The van der Waals surface area contributed by atoms with Crippen LogP contribution in [0.5, 0.6) is 0 Å². The summed E-state index contributed by atoms with van der Waals surface area (Å²) in [5.74, 6) is 0.0595. The van der Waals surface area contributed by atoms with Gasteiger partial charge in [0.1, 0.15) is 0 Å². The van der Waals surface area contributed by atoms with Crippen LogP contribution in [0.25, 0.3) is 0 Å². The average molecular weight is 276 g/mol. The van der Waals surface area contributed by atoms with Crippen molar-refractivity contribution in [2.75, 3.05) is 6.54 Å². The molecule has 0 aliphatic heterocycles. The number of rotatable bonds is 3. The number of hydrogen-bond acceptors (Lipinski definition) is 1. The molecule has 0 heterocycles. The lowest BCUT2D eigenvalue weighted by molar-refractivity contribution is -0.119. The predicted molar refractivity (Wildman–Crippen MR) is 90.6 cm³/mol. The Morgan fingerprint density at radius 3 is 1.42 bits per heavy atom. The summed E-state index contributed by atoms with van der Waals surface area (Å²) in [6.45, 7) is 17.9. The molecule has 0 aliphatic rings. The molecule has 0 atom stereocenters.